The fourth-order valence-electron chi connectivity index (χ4n) is 4.93. The lowest BCUT2D eigenvalue weighted by atomic mass is 9.97. The van der Waals surface area contributed by atoms with E-state index >= 15 is 0 Å². The number of aromatic nitrogens is 2. The van der Waals surface area contributed by atoms with Crippen molar-refractivity contribution in [1.29, 1.82) is 0 Å². The van der Waals surface area contributed by atoms with Crippen LogP contribution in [-0.4, -0.2) is 0 Å². The molecule has 0 aliphatic rings. The molecule has 0 spiro atoms. The molecule has 2 aromatic heterocycles. The van der Waals surface area contributed by atoms with Crippen LogP contribution in [0.2, 0.25) is 0 Å². The van der Waals surface area contributed by atoms with Gasteiger partial charge in [0.2, 0.25) is 0 Å². The summed E-state index contributed by atoms with van der Waals surface area (Å²) in [7, 11) is 2.03. The normalized spacial score (nSPS) is 11.3. The Labute approximate surface area is 217 Å². The molecule has 0 N–H and O–H groups in total. The van der Waals surface area contributed by atoms with Gasteiger partial charge in [-0.2, -0.15) is 0 Å². The molecular formula is C34H30N2O+2. The van der Waals surface area contributed by atoms with E-state index in [0.29, 0.717) is 13.2 Å². The van der Waals surface area contributed by atoms with E-state index in [2.05, 4.69) is 132 Å². The van der Waals surface area contributed by atoms with Gasteiger partial charge in [0.15, 0.2) is 31.3 Å². The van der Waals surface area contributed by atoms with Crippen molar-refractivity contribution in [2.24, 2.45) is 7.05 Å². The van der Waals surface area contributed by atoms with Gasteiger partial charge in [0.1, 0.15) is 7.05 Å². The van der Waals surface area contributed by atoms with Gasteiger partial charge in [-0.25, -0.2) is 9.13 Å². The molecule has 0 fully saturated rings. The predicted octanol–water partition coefficient (Wildman–Crippen LogP) is 6.54. The van der Waals surface area contributed by atoms with Crippen molar-refractivity contribution in [3.05, 3.63) is 145 Å². The fourth-order valence-corrected chi connectivity index (χ4v) is 4.93. The second-order valence-corrected chi connectivity index (χ2v) is 9.62. The lowest BCUT2D eigenvalue weighted by Gasteiger charge is -2.12. The average molecular weight is 483 g/mol. The summed E-state index contributed by atoms with van der Waals surface area (Å²) in [6, 6.07) is 36.8. The van der Waals surface area contributed by atoms with Crippen molar-refractivity contribution < 1.29 is 13.9 Å². The zero-order chi connectivity index (χ0) is 25.0. The number of aryl methyl sites for hydroxylation is 1. The Kier molecular flexibility index (Phi) is 6.45. The van der Waals surface area contributed by atoms with Crippen LogP contribution in [0.5, 0.6) is 0 Å². The van der Waals surface area contributed by atoms with Gasteiger partial charge in [-0.1, -0.05) is 72.8 Å². The van der Waals surface area contributed by atoms with E-state index in [1.165, 1.54) is 49.4 Å². The highest BCUT2D eigenvalue weighted by atomic mass is 16.5. The third-order valence-corrected chi connectivity index (χ3v) is 6.99. The van der Waals surface area contributed by atoms with Gasteiger partial charge in [-0.3, -0.25) is 0 Å². The molecule has 0 bridgehead atoms. The van der Waals surface area contributed by atoms with Gasteiger partial charge in [0, 0.05) is 29.8 Å². The number of ether oxygens (including phenoxy) is 1. The molecule has 0 saturated carbocycles. The van der Waals surface area contributed by atoms with E-state index in [-0.39, 0.29) is 0 Å². The lowest BCUT2D eigenvalue weighted by Crippen LogP contribution is -2.33. The number of hydrogen-bond acceptors (Lipinski definition) is 1. The summed E-state index contributed by atoms with van der Waals surface area (Å²) < 4.78 is 10.5. The Bertz CT molecular complexity index is 1600. The topological polar surface area (TPSA) is 17.0 Å². The van der Waals surface area contributed by atoms with Gasteiger partial charge in [0.05, 0.1) is 13.2 Å². The number of rotatable bonds is 7. The minimum absolute atomic E-state index is 0.589. The maximum atomic E-state index is 6.24. The first-order chi connectivity index (χ1) is 18.2. The van der Waals surface area contributed by atoms with Gasteiger partial charge in [0.25, 0.3) is 0 Å². The summed E-state index contributed by atoms with van der Waals surface area (Å²) in [5.74, 6) is 0. The first kappa shape index (κ1) is 23.1. The van der Waals surface area contributed by atoms with Crippen LogP contribution in [0.15, 0.2) is 128 Å². The van der Waals surface area contributed by atoms with Gasteiger partial charge < -0.3 is 4.74 Å². The first-order valence-electron chi connectivity index (χ1n) is 12.7. The Morgan fingerprint density at radius 1 is 0.568 bits per heavy atom. The second kappa shape index (κ2) is 10.3. The number of benzene rings is 4. The van der Waals surface area contributed by atoms with E-state index in [9.17, 15) is 0 Å². The monoisotopic (exact) mass is 482 g/mol. The number of nitrogens with zero attached hydrogens (tertiary/aromatic N) is 2. The lowest BCUT2D eigenvalue weighted by molar-refractivity contribution is -0.688. The highest BCUT2D eigenvalue weighted by molar-refractivity contribution is 6.02. The zero-order valence-electron chi connectivity index (χ0n) is 21.0. The minimum Gasteiger partial charge on any atom is -0.372 e. The van der Waals surface area contributed by atoms with Crippen molar-refractivity contribution in [3.8, 4) is 11.1 Å². The molecule has 4 aromatic carbocycles. The Hall–Kier alpha value is -4.34. The molecule has 0 aliphatic heterocycles. The Morgan fingerprint density at radius 2 is 1.11 bits per heavy atom. The Balaban J connectivity index is 1.11. The van der Waals surface area contributed by atoms with Crippen molar-refractivity contribution in [2.45, 2.75) is 19.8 Å². The SMILES string of the molecule is C[n+]1ccc(-c2cc[n+](Cc3ccc(COCc4c5ccccc5cc5ccccc45)cc3)cc2)cc1. The average Bonchev–Trinajstić information content (AvgIpc) is 2.94. The molecule has 2 heterocycles. The van der Waals surface area contributed by atoms with E-state index in [1.807, 2.05) is 11.6 Å². The van der Waals surface area contributed by atoms with E-state index in [0.717, 1.165) is 6.54 Å². The number of fused-ring (bicyclic) bond motifs is 2. The van der Waals surface area contributed by atoms with E-state index in [4.69, 9.17) is 4.74 Å². The van der Waals surface area contributed by atoms with Crippen LogP contribution in [0, 0.1) is 0 Å². The standard InChI is InChI=1S/C34H30N2O/c1-35-18-14-28(15-19-35)29-16-20-36(21-17-29)23-26-10-12-27(13-11-26)24-37-25-34-32-8-4-2-6-30(32)22-31-7-3-5-9-33(31)34/h2-22H,23-25H2,1H3/q+2. The molecule has 37 heavy (non-hydrogen) atoms. The van der Waals surface area contributed by atoms with Crippen LogP contribution in [-0.2, 0) is 31.5 Å². The zero-order valence-corrected chi connectivity index (χ0v) is 21.0. The second-order valence-electron chi connectivity index (χ2n) is 9.62. The quantitative estimate of drug-likeness (QED) is 0.187. The molecule has 180 valence electrons. The predicted molar refractivity (Wildman–Crippen MR) is 149 cm³/mol. The molecule has 0 atom stereocenters. The van der Waals surface area contributed by atoms with Gasteiger partial charge in [-0.05, 0) is 49.9 Å². The van der Waals surface area contributed by atoms with Crippen LogP contribution < -0.4 is 9.13 Å². The molecule has 0 saturated heterocycles. The summed E-state index contributed by atoms with van der Waals surface area (Å²) in [6.45, 7) is 2.02. The van der Waals surface area contributed by atoms with Crippen molar-refractivity contribution >= 4 is 21.5 Å². The Morgan fingerprint density at radius 3 is 1.73 bits per heavy atom. The molecule has 3 heteroatoms. The molecule has 0 aliphatic carbocycles. The van der Waals surface area contributed by atoms with Crippen LogP contribution in [0.4, 0.5) is 0 Å². The summed E-state index contributed by atoms with van der Waals surface area (Å²) in [6.07, 6.45) is 8.44. The number of hydrogen-bond donors (Lipinski definition) is 0. The van der Waals surface area contributed by atoms with Crippen LogP contribution >= 0.6 is 0 Å². The molecule has 3 nitrogen and oxygen atoms in total. The molecular weight excluding hydrogens is 452 g/mol. The minimum atomic E-state index is 0.589. The molecule has 0 unspecified atom stereocenters. The summed E-state index contributed by atoms with van der Waals surface area (Å²) in [5.41, 5.74) is 6.17. The first-order valence-corrected chi connectivity index (χ1v) is 12.7. The third kappa shape index (κ3) is 5.13. The van der Waals surface area contributed by atoms with Crippen LogP contribution in [0.3, 0.4) is 0 Å². The van der Waals surface area contributed by atoms with Crippen molar-refractivity contribution in [3.63, 3.8) is 0 Å². The smallest absolute Gasteiger partial charge is 0.173 e. The maximum Gasteiger partial charge on any atom is 0.173 e. The third-order valence-electron chi connectivity index (χ3n) is 6.99. The molecule has 0 amide bonds. The molecule has 0 radical (unpaired) electrons. The van der Waals surface area contributed by atoms with E-state index < -0.39 is 0 Å². The molecule has 6 aromatic rings. The van der Waals surface area contributed by atoms with Gasteiger partial charge >= 0.3 is 0 Å². The highest BCUT2D eigenvalue weighted by Gasteiger charge is 2.09. The summed E-state index contributed by atoms with van der Waals surface area (Å²) >= 11 is 0. The summed E-state index contributed by atoms with van der Waals surface area (Å²) in [5, 5.41) is 5.04. The fraction of sp³-hybridized carbons (Fsp3) is 0.118. The molecule has 6 rings (SSSR count). The van der Waals surface area contributed by atoms with Crippen LogP contribution in [0.25, 0.3) is 32.7 Å². The largest absolute Gasteiger partial charge is 0.372 e. The highest BCUT2D eigenvalue weighted by Crippen LogP contribution is 2.29. The maximum absolute atomic E-state index is 6.24. The van der Waals surface area contributed by atoms with Crippen molar-refractivity contribution in [1.82, 2.24) is 0 Å². The number of pyridine rings is 2. The van der Waals surface area contributed by atoms with Gasteiger partial charge in [-0.15, -0.1) is 0 Å². The van der Waals surface area contributed by atoms with Crippen LogP contribution in [0.1, 0.15) is 16.7 Å². The summed E-state index contributed by atoms with van der Waals surface area (Å²) in [4.78, 5) is 0. The van der Waals surface area contributed by atoms with Crippen molar-refractivity contribution in [2.75, 3.05) is 0 Å². The van der Waals surface area contributed by atoms with E-state index in [1.54, 1.807) is 0 Å².